The molecule has 0 fully saturated rings. The minimum absolute atomic E-state index is 0.821. The number of rotatable bonds is 1. The van der Waals surface area contributed by atoms with E-state index in [-0.39, 0.29) is 0 Å². The third-order valence-electron chi connectivity index (χ3n) is 3.01. The van der Waals surface area contributed by atoms with E-state index in [9.17, 15) is 0 Å². The first-order valence-electron chi connectivity index (χ1n) is 4.83. The van der Waals surface area contributed by atoms with Crippen molar-refractivity contribution >= 4 is 11.8 Å². The number of hydrogen-bond acceptors (Lipinski definition) is 1. The molecule has 0 amide bonds. The number of hydrogen-bond donors (Lipinski definition) is 0. The summed E-state index contributed by atoms with van der Waals surface area (Å²) in [6, 6.07) is 0. The van der Waals surface area contributed by atoms with Gasteiger partial charge in [-0.25, -0.2) is 0 Å². The smallest absolute Gasteiger partial charge is 0.00430 e. The van der Waals surface area contributed by atoms with Gasteiger partial charge in [0.15, 0.2) is 0 Å². The molecule has 12 heavy (non-hydrogen) atoms. The van der Waals surface area contributed by atoms with E-state index in [1.165, 1.54) is 18.6 Å². The summed E-state index contributed by atoms with van der Waals surface area (Å²) in [6.07, 6.45) is 9.87. The van der Waals surface area contributed by atoms with Crippen LogP contribution in [0.5, 0.6) is 0 Å². The standard InChI is InChI=1S/C11H16S/c1-9-4-2-3-5-11(9)10-6-7-12-8-10/h3,5-7,9-11H,2,4,8H2,1H3. The number of thioether (sulfide) groups is 1. The molecule has 0 aromatic rings. The van der Waals surface area contributed by atoms with Crippen LogP contribution in [0.4, 0.5) is 0 Å². The first kappa shape index (κ1) is 8.43. The number of allylic oxidation sites excluding steroid dienone is 3. The summed E-state index contributed by atoms with van der Waals surface area (Å²) >= 11 is 1.96. The lowest BCUT2D eigenvalue weighted by Crippen LogP contribution is -2.21. The molecule has 2 aliphatic rings. The highest BCUT2D eigenvalue weighted by Gasteiger charge is 2.25. The van der Waals surface area contributed by atoms with E-state index in [2.05, 4.69) is 30.6 Å². The molecule has 2 rings (SSSR count). The predicted molar refractivity (Wildman–Crippen MR) is 56.1 cm³/mol. The average molecular weight is 180 g/mol. The van der Waals surface area contributed by atoms with Crippen molar-refractivity contribution in [2.24, 2.45) is 17.8 Å². The lowest BCUT2D eigenvalue weighted by atomic mass is 9.78. The molecule has 0 saturated heterocycles. The molecule has 0 nitrogen and oxygen atoms in total. The van der Waals surface area contributed by atoms with Crippen molar-refractivity contribution in [1.82, 2.24) is 0 Å². The van der Waals surface area contributed by atoms with Gasteiger partial charge in [0.2, 0.25) is 0 Å². The average Bonchev–Trinajstić information content (AvgIpc) is 2.57. The van der Waals surface area contributed by atoms with Crippen LogP contribution in [-0.4, -0.2) is 5.75 Å². The van der Waals surface area contributed by atoms with Crippen molar-refractivity contribution in [3.05, 3.63) is 23.6 Å². The molecular formula is C11H16S. The Bertz CT molecular complexity index is 205. The second-order valence-corrected chi connectivity index (χ2v) is 4.82. The third kappa shape index (κ3) is 1.61. The SMILES string of the molecule is CC1CCC=CC1C1C=CSC1. The van der Waals surface area contributed by atoms with Crippen molar-refractivity contribution in [2.45, 2.75) is 19.8 Å². The summed E-state index contributed by atoms with van der Waals surface area (Å²) in [4.78, 5) is 0. The van der Waals surface area contributed by atoms with Crippen LogP contribution in [-0.2, 0) is 0 Å². The monoisotopic (exact) mass is 180 g/mol. The van der Waals surface area contributed by atoms with Crippen LogP contribution in [0.1, 0.15) is 19.8 Å². The zero-order valence-electron chi connectivity index (χ0n) is 7.57. The van der Waals surface area contributed by atoms with Gasteiger partial charge in [-0.1, -0.05) is 25.2 Å². The van der Waals surface area contributed by atoms with Crippen LogP contribution in [0.3, 0.4) is 0 Å². The second-order valence-electron chi connectivity index (χ2n) is 3.89. The predicted octanol–water partition coefficient (Wildman–Crippen LogP) is 3.47. The highest BCUT2D eigenvalue weighted by molar-refractivity contribution is 8.02. The van der Waals surface area contributed by atoms with Crippen molar-refractivity contribution in [1.29, 1.82) is 0 Å². The van der Waals surface area contributed by atoms with Crippen molar-refractivity contribution in [2.75, 3.05) is 5.75 Å². The van der Waals surface area contributed by atoms with Gasteiger partial charge >= 0.3 is 0 Å². The summed E-state index contributed by atoms with van der Waals surface area (Å²) < 4.78 is 0. The highest BCUT2D eigenvalue weighted by Crippen LogP contribution is 2.36. The van der Waals surface area contributed by atoms with Crippen molar-refractivity contribution < 1.29 is 0 Å². The Morgan fingerprint density at radius 3 is 2.92 bits per heavy atom. The van der Waals surface area contributed by atoms with Crippen LogP contribution in [0.25, 0.3) is 0 Å². The maximum Gasteiger partial charge on any atom is 0.00430 e. The summed E-state index contributed by atoms with van der Waals surface area (Å²) in [5.74, 6) is 3.84. The summed E-state index contributed by atoms with van der Waals surface area (Å²) in [6.45, 7) is 2.39. The van der Waals surface area contributed by atoms with E-state index >= 15 is 0 Å². The second kappa shape index (κ2) is 3.69. The third-order valence-corrected chi connectivity index (χ3v) is 3.94. The Morgan fingerprint density at radius 1 is 1.33 bits per heavy atom. The van der Waals surface area contributed by atoms with E-state index in [0.29, 0.717) is 0 Å². The highest BCUT2D eigenvalue weighted by atomic mass is 32.2. The largest absolute Gasteiger partial charge is 0.134 e. The van der Waals surface area contributed by atoms with Crippen molar-refractivity contribution in [3.8, 4) is 0 Å². The molecular weight excluding hydrogens is 164 g/mol. The normalized spacial score (nSPS) is 40.6. The molecule has 0 radical (unpaired) electrons. The lowest BCUT2D eigenvalue weighted by molar-refractivity contribution is 0.332. The zero-order chi connectivity index (χ0) is 8.39. The van der Waals surface area contributed by atoms with Gasteiger partial charge in [0, 0.05) is 5.75 Å². The minimum Gasteiger partial charge on any atom is -0.134 e. The summed E-state index contributed by atoms with van der Waals surface area (Å²) in [5.41, 5.74) is 0. The van der Waals surface area contributed by atoms with Crippen LogP contribution in [0, 0.1) is 17.8 Å². The summed E-state index contributed by atoms with van der Waals surface area (Å²) in [7, 11) is 0. The molecule has 0 N–H and O–H groups in total. The molecule has 66 valence electrons. The fourth-order valence-electron chi connectivity index (χ4n) is 2.18. The molecule has 3 atom stereocenters. The van der Waals surface area contributed by atoms with Crippen LogP contribution in [0.15, 0.2) is 23.6 Å². The summed E-state index contributed by atoms with van der Waals surface area (Å²) in [5, 5.41) is 2.26. The molecule has 3 unspecified atom stereocenters. The fraction of sp³-hybridized carbons (Fsp3) is 0.636. The van der Waals surface area contributed by atoms with E-state index in [0.717, 1.165) is 17.8 Å². The Labute approximate surface area is 79.1 Å². The van der Waals surface area contributed by atoms with Gasteiger partial charge in [0.25, 0.3) is 0 Å². The first-order chi connectivity index (χ1) is 5.88. The Kier molecular flexibility index (Phi) is 2.60. The van der Waals surface area contributed by atoms with Gasteiger partial charge in [-0.15, -0.1) is 11.8 Å². The molecule has 0 saturated carbocycles. The van der Waals surface area contributed by atoms with E-state index in [4.69, 9.17) is 0 Å². The van der Waals surface area contributed by atoms with E-state index < -0.39 is 0 Å². The van der Waals surface area contributed by atoms with Crippen LogP contribution >= 0.6 is 11.8 Å². The maximum absolute atomic E-state index is 2.44. The lowest BCUT2D eigenvalue weighted by Gasteiger charge is -2.28. The minimum atomic E-state index is 0.821. The Hall–Kier alpha value is -0.170. The Balaban J connectivity index is 2.05. The maximum atomic E-state index is 2.44. The van der Waals surface area contributed by atoms with Crippen molar-refractivity contribution in [3.63, 3.8) is 0 Å². The molecule has 0 aromatic carbocycles. The van der Waals surface area contributed by atoms with E-state index in [1.807, 2.05) is 11.8 Å². The van der Waals surface area contributed by atoms with E-state index in [1.54, 1.807) is 0 Å². The first-order valence-corrected chi connectivity index (χ1v) is 5.88. The zero-order valence-corrected chi connectivity index (χ0v) is 8.39. The van der Waals surface area contributed by atoms with Crippen LogP contribution in [0.2, 0.25) is 0 Å². The molecule has 0 bridgehead atoms. The van der Waals surface area contributed by atoms with Gasteiger partial charge in [-0.3, -0.25) is 0 Å². The fourth-order valence-corrected chi connectivity index (χ4v) is 3.16. The van der Waals surface area contributed by atoms with Gasteiger partial charge in [-0.05, 0) is 36.0 Å². The Morgan fingerprint density at radius 2 is 2.25 bits per heavy atom. The quantitative estimate of drug-likeness (QED) is 0.557. The molecule has 1 aliphatic heterocycles. The topological polar surface area (TPSA) is 0 Å². The molecule has 1 heterocycles. The molecule has 1 heteroatoms. The van der Waals surface area contributed by atoms with Gasteiger partial charge in [0.1, 0.15) is 0 Å². The van der Waals surface area contributed by atoms with Gasteiger partial charge < -0.3 is 0 Å². The van der Waals surface area contributed by atoms with Gasteiger partial charge in [0.05, 0.1) is 0 Å². The van der Waals surface area contributed by atoms with Gasteiger partial charge in [-0.2, -0.15) is 0 Å². The van der Waals surface area contributed by atoms with Crippen LogP contribution < -0.4 is 0 Å². The molecule has 1 aliphatic carbocycles. The molecule has 0 spiro atoms. The molecule has 0 aromatic heterocycles.